The highest BCUT2D eigenvalue weighted by Crippen LogP contribution is 2.68. The number of benzene rings is 1. The minimum Gasteiger partial charge on any atom is -0.506 e. The molecule has 3 aliphatic heterocycles. The number of phenolic OH excluding ortho intramolecular Hbond substituents is 1. The smallest absolute Gasteiger partial charge is 0.200 e. The lowest BCUT2D eigenvalue weighted by molar-refractivity contribution is -0.171. The van der Waals surface area contributed by atoms with Gasteiger partial charge in [-0.3, -0.25) is 9.59 Å². The van der Waals surface area contributed by atoms with E-state index in [1.54, 1.807) is 13.0 Å². The molecule has 3 aliphatic carbocycles. The summed E-state index contributed by atoms with van der Waals surface area (Å²) in [4.78, 5) is 28.7. The molecule has 1 aromatic rings. The molecule has 7 nitrogen and oxygen atoms in total. The van der Waals surface area contributed by atoms with Gasteiger partial charge in [0.25, 0.3) is 0 Å². The van der Waals surface area contributed by atoms with Crippen LogP contribution in [0.4, 0.5) is 0 Å². The molecule has 0 aromatic heterocycles. The van der Waals surface area contributed by atoms with E-state index >= 15 is 0 Å². The Morgan fingerprint density at radius 3 is 2.48 bits per heavy atom. The average molecular weight is 547 g/mol. The van der Waals surface area contributed by atoms with Crippen molar-refractivity contribution in [1.29, 1.82) is 0 Å². The van der Waals surface area contributed by atoms with Crippen molar-refractivity contribution in [2.24, 2.45) is 11.8 Å². The summed E-state index contributed by atoms with van der Waals surface area (Å²) in [5.41, 5.74) is -0.823. The largest absolute Gasteiger partial charge is 0.506 e. The first-order valence-corrected chi connectivity index (χ1v) is 14.1. The Hall–Kier alpha value is -3.16. The molecule has 7 heteroatoms. The zero-order chi connectivity index (χ0) is 29.0. The number of rotatable bonds is 5. The molecule has 0 radical (unpaired) electrons. The van der Waals surface area contributed by atoms with Crippen LogP contribution >= 0.6 is 0 Å². The van der Waals surface area contributed by atoms with Crippen molar-refractivity contribution in [2.75, 3.05) is 6.61 Å². The number of phenols is 1. The summed E-state index contributed by atoms with van der Waals surface area (Å²) >= 11 is 0. The molecular formula is C33H38O7. The summed E-state index contributed by atoms with van der Waals surface area (Å²) in [6, 6.07) is 0. The number of ketones is 2. The Bertz CT molecular complexity index is 1480. The van der Waals surface area contributed by atoms with Crippen molar-refractivity contribution in [2.45, 2.75) is 90.1 Å². The van der Waals surface area contributed by atoms with Gasteiger partial charge in [-0.1, -0.05) is 29.4 Å². The maximum Gasteiger partial charge on any atom is 0.200 e. The van der Waals surface area contributed by atoms with Crippen LogP contribution in [0.1, 0.15) is 82.8 Å². The van der Waals surface area contributed by atoms with Crippen LogP contribution < -0.4 is 9.47 Å². The van der Waals surface area contributed by atoms with Crippen LogP contribution in [-0.4, -0.2) is 50.8 Å². The molecule has 3 heterocycles. The van der Waals surface area contributed by atoms with Gasteiger partial charge in [0.15, 0.2) is 22.8 Å². The summed E-state index contributed by atoms with van der Waals surface area (Å²) in [6.45, 7) is 13.4. The number of ether oxygens (including phenoxy) is 3. The lowest BCUT2D eigenvalue weighted by Crippen LogP contribution is -2.72. The van der Waals surface area contributed by atoms with Gasteiger partial charge in [0.1, 0.15) is 28.4 Å². The SMILES string of the molecule is CC(C)=CCc1c2c(c(O)c3c1O[C@]14C(=C[C@@H]5CC1C(C)(C)O[C@@]4(C/C=C(/C)CO)C5=O)C3=O)C=CC(C)(C)O2. The number of allylic oxidation sites excluding steroid dienone is 3. The third-order valence-corrected chi connectivity index (χ3v) is 9.32. The van der Waals surface area contributed by atoms with Crippen molar-refractivity contribution in [3.05, 3.63) is 57.7 Å². The second kappa shape index (κ2) is 8.43. The van der Waals surface area contributed by atoms with Gasteiger partial charge in [-0.25, -0.2) is 0 Å². The van der Waals surface area contributed by atoms with Crippen LogP contribution in [0.15, 0.2) is 41.0 Å². The van der Waals surface area contributed by atoms with Gasteiger partial charge >= 0.3 is 0 Å². The molecule has 0 amide bonds. The number of fused-ring (bicyclic) bond motifs is 2. The van der Waals surface area contributed by atoms with Gasteiger partial charge in [-0.15, -0.1) is 0 Å². The van der Waals surface area contributed by atoms with E-state index in [1.807, 2.05) is 65.8 Å². The molecule has 2 fully saturated rings. The Morgan fingerprint density at radius 2 is 1.80 bits per heavy atom. The molecule has 1 spiro atoms. The second-order valence-electron chi connectivity index (χ2n) is 13.2. The minimum atomic E-state index is -1.45. The van der Waals surface area contributed by atoms with E-state index < -0.39 is 28.3 Å². The van der Waals surface area contributed by atoms with Crippen molar-refractivity contribution in [3.63, 3.8) is 0 Å². The number of carbonyl (C=O) groups is 2. The van der Waals surface area contributed by atoms with E-state index in [4.69, 9.17) is 14.2 Å². The molecule has 7 rings (SSSR count). The number of carbonyl (C=O) groups excluding carboxylic acids is 2. The van der Waals surface area contributed by atoms with Crippen LogP contribution in [0.5, 0.6) is 17.2 Å². The average Bonchev–Trinajstić information content (AvgIpc) is 3.03. The van der Waals surface area contributed by atoms with Gasteiger partial charge in [0.05, 0.1) is 17.8 Å². The van der Waals surface area contributed by atoms with Crippen LogP contribution in [-0.2, 0) is 16.0 Å². The minimum absolute atomic E-state index is 0.107. The van der Waals surface area contributed by atoms with E-state index in [0.717, 1.165) is 5.57 Å². The number of aliphatic hydroxyl groups excluding tert-OH is 1. The molecule has 1 saturated heterocycles. The first kappa shape index (κ1) is 27.0. The van der Waals surface area contributed by atoms with Crippen LogP contribution in [0.25, 0.3) is 6.08 Å². The van der Waals surface area contributed by atoms with Crippen molar-refractivity contribution in [3.8, 4) is 17.2 Å². The molecule has 212 valence electrons. The van der Waals surface area contributed by atoms with Crippen LogP contribution in [0.3, 0.4) is 0 Å². The standard InChI is InChI=1S/C33H38O7/c1-17(2)8-9-21-27-20(11-12-30(4,5)38-27)25(35)24-26(36)22-14-19-15-23-31(6,7)40-32(29(19)37,13-10-18(3)16-34)33(22,23)39-28(21)24/h8,10-12,14,19,23,34-35H,9,13,15-16H2,1-7H3/b18-10-/t19-,23?,32+,33-/m1/s1. The van der Waals surface area contributed by atoms with E-state index in [9.17, 15) is 19.8 Å². The van der Waals surface area contributed by atoms with Crippen LogP contribution in [0.2, 0.25) is 0 Å². The Balaban J connectivity index is 1.66. The fraction of sp³-hybridized carbons (Fsp3) is 0.515. The molecule has 4 atom stereocenters. The summed E-state index contributed by atoms with van der Waals surface area (Å²) in [6.07, 6.45) is 10.4. The van der Waals surface area contributed by atoms with E-state index in [1.165, 1.54) is 0 Å². The number of hydrogen-bond donors (Lipinski definition) is 2. The maximum atomic E-state index is 14.5. The first-order chi connectivity index (χ1) is 18.7. The predicted octanol–water partition coefficient (Wildman–Crippen LogP) is 5.42. The third-order valence-electron chi connectivity index (χ3n) is 9.32. The van der Waals surface area contributed by atoms with Crippen molar-refractivity contribution >= 4 is 17.6 Å². The molecule has 6 aliphatic rings. The van der Waals surface area contributed by atoms with E-state index in [-0.39, 0.29) is 47.6 Å². The summed E-state index contributed by atoms with van der Waals surface area (Å²) < 4.78 is 20.2. The zero-order valence-corrected chi connectivity index (χ0v) is 24.3. The highest BCUT2D eigenvalue weighted by Gasteiger charge is 2.81. The molecule has 1 aromatic carbocycles. The molecule has 1 unspecified atom stereocenters. The molecule has 40 heavy (non-hydrogen) atoms. The van der Waals surface area contributed by atoms with Gasteiger partial charge in [-0.05, 0) is 73.5 Å². The van der Waals surface area contributed by atoms with Gasteiger partial charge < -0.3 is 24.4 Å². The predicted molar refractivity (Wildman–Crippen MR) is 151 cm³/mol. The molecule has 4 bridgehead atoms. The van der Waals surface area contributed by atoms with Crippen molar-refractivity contribution < 1.29 is 34.0 Å². The second-order valence-corrected chi connectivity index (χ2v) is 13.2. The zero-order valence-electron chi connectivity index (χ0n) is 24.3. The molecule has 1 saturated carbocycles. The quantitative estimate of drug-likeness (QED) is 0.476. The van der Waals surface area contributed by atoms with Gasteiger partial charge in [-0.2, -0.15) is 0 Å². The fourth-order valence-electron chi connectivity index (χ4n) is 7.44. The molecule has 2 N–H and O–H groups in total. The lowest BCUT2D eigenvalue weighted by Gasteiger charge is -2.56. The summed E-state index contributed by atoms with van der Waals surface area (Å²) in [5, 5.41) is 21.3. The normalized spacial score (nSPS) is 32.0. The van der Waals surface area contributed by atoms with E-state index in [2.05, 4.69) is 0 Å². The lowest BCUT2D eigenvalue weighted by atomic mass is 9.51. The van der Waals surface area contributed by atoms with Crippen LogP contribution in [0, 0.1) is 11.8 Å². The Kier molecular flexibility index (Phi) is 5.70. The Morgan fingerprint density at radius 1 is 1.07 bits per heavy atom. The highest BCUT2D eigenvalue weighted by atomic mass is 16.6. The monoisotopic (exact) mass is 546 g/mol. The van der Waals surface area contributed by atoms with Gasteiger partial charge in [0.2, 0.25) is 0 Å². The van der Waals surface area contributed by atoms with Crippen molar-refractivity contribution in [1.82, 2.24) is 0 Å². The fourth-order valence-corrected chi connectivity index (χ4v) is 7.44. The number of aromatic hydroxyl groups is 1. The number of aliphatic hydroxyl groups is 1. The molecular weight excluding hydrogens is 508 g/mol. The topological polar surface area (TPSA) is 102 Å². The Labute approximate surface area is 235 Å². The van der Waals surface area contributed by atoms with E-state index in [0.29, 0.717) is 40.9 Å². The highest BCUT2D eigenvalue weighted by molar-refractivity contribution is 6.19. The first-order valence-electron chi connectivity index (χ1n) is 14.1. The number of hydrogen-bond acceptors (Lipinski definition) is 7. The number of Topliss-reactive ketones (excluding diaryl/α,β-unsaturated/α-hetero) is 2. The third kappa shape index (κ3) is 3.37. The maximum absolute atomic E-state index is 14.5. The summed E-state index contributed by atoms with van der Waals surface area (Å²) in [5.74, 6) is -0.661. The van der Waals surface area contributed by atoms with Gasteiger partial charge in [0, 0.05) is 29.4 Å². The summed E-state index contributed by atoms with van der Waals surface area (Å²) in [7, 11) is 0.